The number of benzene rings is 2. The Kier molecular flexibility index (Phi) is 6.66. The third kappa shape index (κ3) is 4.70. The molecule has 0 aromatic heterocycles. The average molecular weight is 332 g/mol. The van der Waals surface area contributed by atoms with Crippen molar-refractivity contribution in [2.75, 3.05) is 0 Å². The number of rotatable bonds is 3. The van der Waals surface area contributed by atoms with E-state index in [1.54, 1.807) is 57.2 Å². The molecule has 118 valence electrons. The normalized spacial score (nSPS) is 11.6. The molecule has 0 aliphatic carbocycles. The van der Waals surface area contributed by atoms with Crippen molar-refractivity contribution >= 4 is 38.5 Å². The summed E-state index contributed by atoms with van der Waals surface area (Å²) in [5, 5.41) is 0.220. The van der Waals surface area contributed by atoms with Crippen molar-refractivity contribution in [3.05, 3.63) is 64.2 Å². The minimum absolute atomic E-state index is 0. The van der Waals surface area contributed by atoms with Crippen LogP contribution in [-0.4, -0.2) is 30.6 Å². The molecule has 0 aliphatic rings. The van der Waals surface area contributed by atoms with Gasteiger partial charge in [0.15, 0.2) is 5.78 Å². The molecule has 0 N–H and O–H groups in total. The van der Waals surface area contributed by atoms with E-state index in [-0.39, 0.29) is 29.9 Å². The van der Waals surface area contributed by atoms with Crippen molar-refractivity contribution < 1.29 is 18.0 Å². The van der Waals surface area contributed by atoms with E-state index in [0.717, 1.165) is 0 Å². The van der Waals surface area contributed by atoms with Crippen molar-refractivity contribution in [3.63, 3.8) is 0 Å². The molecule has 1 unspecified atom stereocenters. The zero-order chi connectivity index (χ0) is 16.5. The zero-order valence-electron chi connectivity index (χ0n) is 12.5. The van der Waals surface area contributed by atoms with E-state index in [4.69, 9.17) is 0 Å². The first-order valence-corrected chi connectivity index (χ1v) is 7.76. The van der Waals surface area contributed by atoms with Crippen LogP contribution < -0.4 is 5.30 Å². The van der Waals surface area contributed by atoms with Gasteiger partial charge in [0.25, 0.3) is 0 Å². The summed E-state index contributed by atoms with van der Waals surface area (Å²) in [5.74, 6) is -4.50. The van der Waals surface area contributed by atoms with Crippen LogP contribution in [0, 0.1) is 20.8 Å². The van der Waals surface area contributed by atoms with Gasteiger partial charge in [0, 0.05) is 19.7 Å². The van der Waals surface area contributed by atoms with E-state index in [1.165, 1.54) is 0 Å². The molecule has 2 aromatic carbocycles. The molecule has 0 aliphatic heterocycles. The number of hydrogen-bond acceptors (Lipinski definition) is 1. The van der Waals surface area contributed by atoms with Gasteiger partial charge in [-0.2, -0.15) is 13.2 Å². The van der Waals surface area contributed by atoms with Crippen LogP contribution in [0.4, 0.5) is 13.2 Å². The molecule has 0 saturated heterocycles. The number of ketones is 1. The van der Waals surface area contributed by atoms with Crippen LogP contribution >= 0.6 is 8.58 Å². The first-order chi connectivity index (χ1) is 10.2. The number of carbonyl (C=O) groups excluding carboxylic acids is 1. The number of alkyl halides is 3. The Balaban J connectivity index is 0.00000264. The van der Waals surface area contributed by atoms with E-state index in [1.807, 2.05) is 0 Å². The topological polar surface area (TPSA) is 17.1 Å². The molecule has 0 spiro atoms. The molecule has 0 heterocycles. The van der Waals surface area contributed by atoms with Gasteiger partial charge in [-0.05, 0) is 42.8 Å². The standard InChI is InChI=1S/C17H16F3OP.Li.H/c1-10-9-11(2)16(22-17(18,19)20)12(3)14(10)15(21)13-7-5-4-6-8-13;;/h4-9,22H,1-3H3;;. The molecule has 0 amide bonds. The third-order valence-electron chi connectivity index (χ3n) is 3.50. The van der Waals surface area contributed by atoms with Crippen molar-refractivity contribution in [2.45, 2.75) is 26.7 Å². The molecule has 1 atom stereocenters. The number of hydrogen-bond donors (Lipinski definition) is 0. The second-order valence-electron chi connectivity index (χ2n) is 5.20. The van der Waals surface area contributed by atoms with Crippen molar-refractivity contribution in [3.8, 4) is 0 Å². The predicted octanol–water partition coefficient (Wildman–Crippen LogP) is 4.02. The summed E-state index contributed by atoms with van der Waals surface area (Å²) in [4.78, 5) is 12.6. The summed E-state index contributed by atoms with van der Waals surface area (Å²) in [7, 11) is -1.30. The van der Waals surface area contributed by atoms with E-state index in [9.17, 15) is 18.0 Å². The van der Waals surface area contributed by atoms with E-state index >= 15 is 0 Å². The SMILES string of the molecule is Cc1cc(C)c(C(=O)c2ccccc2)c(C)c1PC(F)(F)F.[LiH]. The Bertz CT molecular complexity index is 712. The molecule has 2 rings (SSSR count). The summed E-state index contributed by atoms with van der Waals surface area (Å²) in [6.07, 6.45) is 0. The van der Waals surface area contributed by atoms with Crippen LogP contribution in [0.3, 0.4) is 0 Å². The number of carbonyl (C=O) groups is 1. The van der Waals surface area contributed by atoms with Crippen LogP contribution in [0.15, 0.2) is 36.4 Å². The maximum atomic E-state index is 12.8. The quantitative estimate of drug-likeness (QED) is 0.471. The predicted molar refractivity (Wildman–Crippen MR) is 91.7 cm³/mol. The van der Waals surface area contributed by atoms with E-state index < -0.39 is 14.5 Å². The fraction of sp³-hybridized carbons (Fsp3) is 0.235. The second-order valence-corrected chi connectivity index (χ2v) is 6.52. The molecule has 2 aromatic rings. The van der Waals surface area contributed by atoms with Crippen LogP contribution in [0.5, 0.6) is 0 Å². The molecule has 0 saturated carbocycles. The van der Waals surface area contributed by atoms with Gasteiger partial charge in [-0.15, -0.1) is 0 Å². The van der Waals surface area contributed by atoms with Gasteiger partial charge >= 0.3 is 24.8 Å². The Morgan fingerprint density at radius 1 is 1.00 bits per heavy atom. The monoisotopic (exact) mass is 332 g/mol. The van der Waals surface area contributed by atoms with Crippen molar-refractivity contribution in [1.82, 2.24) is 0 Å². The summed E-state index contributed by atoms with van der Waals surface area (Å²) >= 11 is 0. The van der Waals surface area contributed by atoms with Gasteiger partial charge in [0.1, 0.15) is 0 Å². The first kappa shape index (κ1) is 20.0. The second kappa shape index (κ2) is 7.66. The molecule has 0 fully saturated rings. The van der Waals surface area contributed by atoms with E-state index in [0.29, 0.717) is 27.8 Å². The van der Waals surface area contributed by atoms with Gasteiger partial charge in [-0.1, -0.05) is 36.4 Å². The molecular formula is C17H17F3LiOP. The molecular weight excluding hydrogens is 315 g/mol. The summed E-state index contributed by atoms with van der Waals surface area (Å²) in [6.45, 7) is 5.02. The van der Waals surface area contributed by atoms with Gasteiger partial charge < -0.3 is 0 Å². The number of aryl methyl sites for hydroxylation is 2. The van der Waals surface area contributed by atoms with Crippen LogP contribution in [0.2, 0.25) is 0 Å². The summed E-state index contributed by atoms with van der Waals surface area (Å²) < 4.78 is 38.4. The van der Waals surface area contributed by atoms with Crippen LogP contribution in [0.1, 0.15) is 32.6 Å². The minimum atomic E-state index is -4.27. The summed E-state index contributed by atoms with van der Waals surface area (Å²) in [6, 6.07) is 10.3. The maximum absolute atomic E-state index is 12.8. The number of halogens is 3. The van der Waals surface area contributed by atoms with Gasteiger partial charge in [-0.3, -0.25) is 4.79 Å². The average Bonchev–Trinajstić information content (AvgIpc) is 2.43. The third-order valence-corrected chi connectivity index (χ3v) is 4.80. The van der Waals surface area contributed by atoms with Crippen molar-refractivity contribution in [2.24, 2.45) is 0 Å². The molecule has 0 bridgehead atoms. The Morgan fingerprint density at radius 2 is 1.57 bits per heavy atom. The van der Waals surface area contributed by atoms with E-state index in [2.05, 4.69) is 0 Å². The molecule has 23 heavy (non-hydrogen) atoms. The van der Waals surface area contributed by atoms with Crippen molar-refractivity contribution in [1.29, 1.82) is 0 Å². The summed E-state index contributed by atoms with van der Waals surface area (Å²) in [5.41, 5.74) is 2.58. The zero-order valence-corrected chi connectivity index (χ0v) is 13.5. The molecule has 6 heteroatoms. The molecule has 0 radical (unpaired) electrons. The van der Waals surface area contributed by atoms with Gasteiger partial charge in [0.2, 0.25) is 0 Å². The van der Waals surface area contributed by atoms with Gasteiger partial charge in [0.05, 0.1) is 0 Å². The molecule has 1 nitrogen and oxygen atoms in total. The Morgan fingerprint density at radius 3 is 2.09 bits per heavy atom. The fourth-order valence-electron chi connectivity index (χ4n) is 2.60. The fourth-order valence-corrected chi connectivity index (χ4v) is 3.47. The Labute approximate surface area is 147 Å². The first-order valence-electron chi connectivity index (χ1n) is 6.76. The van der Waals surface area contributed by atoms with Gasteiger partial charge in [-0.25, -0.2) is 0 Å². The Hall–Kier alpha value is -1.07. The van der Waals surface area contributed by atoms with Crippen LogP contribution in [-0.2, 0) is 0 Å². The van der Waals surface area contributed by atoms with Crippen LogP contribution in [0.25, 0.3) is 0 Å².